The number of hydrogen-bond donors (Lipinski definition) is 2. The second kappa shape index (κ2) is 13.0. The van der Waals surface area contributed by atoms with Crippen LogP contribution < -0.4 is 0 Å². The van der Waals surface area contributed by atoms with E-state index in [-0.39, 0.29) is 97.2 Å². The van der Waals surface area contributed by atoms with Crippen LogP contribution in [0, 0.1) is 0 Å². The van der Waals surface area contributed by atoms with Gasteiger partial charge in [0.1, 0.15) is 0 Å². The zero-order valence-corrected chi connectivity index (χ0v) is 3.94. The van der Waals surface area contributed by atoms with Gasteiger partial charge in [-0.1, -0.05) is 0 Å². The molecule has 0 unspecified atom stereocenters. The van der Waals surface area contributed by atoms with E-state index in [1.54, 1.807) is 0 Å². The molecule has 0 aliphatic rings. The predicted octanol–water partition coefficient (Wildman–Crippen LogP) is -4.13. The van der Waals surface area contributed by atoms with Crippen molar-refractivity contribution in [3.8, 4) is 0 Å². The fraction of sp³-hybridized carbons (Fsp3) is 0. The van der Waals surface area contributed by atoms with Crippen LogP contribution in [0.5, 0.6) is 0 Å². The molecule has 0 saturated carbocycles. The Labute approximate surface area is 122 Å². The third-order valence-electron chi connectivity index (χ3n) is 0. The van der Waals surface area contributed by atoms with Crippen molar-refractivity contribution in [2.45, 2.75) is 0 Å². The summed E-state index contributed by atoms with van der Waals surface area (Å²) >= 11 is 0. The van der Waals surface area contributed by atoms with Crippen molar-refractivity contribution in [2.24, 2.45) is 0 Å². The summed E-state index contributed by atoms with van der Waals surface area (Å²) in [6.45, 7) is 0. The van der Waals surface area contributed by atoms with Gasteiger partial charge in [0.15, 0.2) is 17.4 Å². The maximum atomic E-state index is 8.74. The Hall–Kier alpha value is 2.37. The van der Waals surface area contributed by atoms with E-state index in [0.717, 1.165) is 0 Å². The van der Waals surface area contributed by atoms with Gasteiger partial charge in [0.05, 0.1) is 0 Å². The summed E-state index contributed by atoms with van der Waals surface area (Å²) in [7, 11) is -4.67. The van der Waals surface area contributed by atoms with Crippen molar-refractivity contribution in [1.82, 2.24) is 0 Å². The standard InChI is InChI=1S/Al.Cs.H2O4S.2H2O.4H/c;;1-5(2,3)4;;;;;;/h;;(H2,1,2,3,4);2*1H2;;;;. The molecule has 56 valence electrons. The minimum atomic E-state index is -4.67. The quantitative estimate of drug-likeness (QED) is 0.346. The molecular formula is H10AlCsO6S. The second-order valence-corrected chi connectivity index (χ2v) is 1.34. The molecule has 0 aliphatic carbocycles. The van der Waals surface area contributed by atoms with E-state index < -0.39 is 10.4 Å². The zero-order chi connectivity index (χ0) is 4.50. The molecular weight excluding hydrogens is 288 g/mol. The number of hydrogen-bond acceptors (Lipinski definition) is 2. The molecule has 0 rings (SSSR count). The van der Waals surface area contributed by atoms with Crippen LogP contribution in [0.4, 0.5) is 0 Å². The molecule has 0 heterocycles. The monoisotopic (exact) mass is 298 g/mol. The van der Waals surface area contributed by atoms with Crippen LogP contribution in [-0.4, -0.2) is 115 Å². The maximum absolute atomic E-state index is 8.74. The Morgan fingerprint density at radius 3 is 1.00 bits per heavy atom. The predicted molar refractivity (Wildman–Crippen MR) is 38.5 cm³/mol. The molecule has 6 N–H and O–H groups in total. The van der Waals surface area contributed by atoms with E-state index in [4.69, 9.17) is 17.5 Å². The van der Waals surface area contributed by atoms with E-state index in [1.165, 1.54) is 0 Å². The first kappa shape index (κ1) is 30.1. The van der Waals surface area contributed by atoms with Crippen LogP contribution in [0.15, 0.2) is 0 Å². The van der Waals surface area contributed by atoms with E-state index in [2.05, 4.69) is 0 Å². The summed E-state index contributed by atoms with van der Waals surface area (Å²) < 4.78 is 31.6. The first-order valence-electron chi connectivity index (χ1n) is 0.698. The van der Waals surface area contributed by atoms with Crippen LogP contribution in [0.2, 0.25) is 0 Å². The Balaban J connectivity index is -0.0000000133. The molecule has 0 spiro atoms. The van der Waals surface area contributed by atoms with Crippen molar-refractivity contribution in [3.63, 3.8) is 0 Å². The van der Waals surface area contributed by atoms with E-state index >= 15 is 0 Å². The molecule has 0 aromatic heterocycles. The third kappa shape index (κ3) is 129. The second-order valence-electron chi connectivity index (χ2n) is 0.448. The molecule has 0 amide bonds. The molecule has 0 aromatic rings. The van der Waals surface area contributed by atoms with Crippen LogP contribution in [-0.2, 0) is 10.4 Å². The van der Waals surface area contributed by atoms with E-state index in [1.807, 2.05) is 0 Å². The molecule has 0 aromatic carbocycles. The van der Waals surface area contributed by atoms with E-state index in [9.17, 15) is 0 Å². The van der Waals surface area contributed by atoms with Gasteiger partial charge >= 0.3 is 79.3 Å². The molecule has 9 heavy (non-hydrogen) atoms. The van der Waals surface area contributed by atoms with Gasteiger partial charge in [-0.05, 0) is 0 Å². The van der Waals surface area contributed by atoms with Gasteiger partial charge in [-0.25, -0.2) is 0 Å². The molecule has 0 aliphatic heterocycles. The van der Waals surface area contributed by atoms with Crippen molar-refractivity contribution in [2.75, 3.05) is 0 Å². The number of rotatable bonds is 0. The molecule has 0 fully saturated rings. The van der Waals surface area contributed by atoms with Crippen molar-refractivity contribution >= 4 is 96.7 Å². The minimum absolute atomic E-state index is 0. The van der Waals surface area contributed by atoms with Crippen LogP contribution >= 0.6 is 0 Å². The van der Waals surface area contributed by atoms with Gasteiger partial charge in [-0.2, -0.15) is 8.42 Å². The first-order valence-corrected chi connectivity index (χ1v) is 2.10. The molecule has 0 bridgehead atoms. The van der Waals surface area contributed by atoms with Gasteiger partial charge in [0.2, 0.25) is 0 Å². The van der Waals surface area contributed by atoms with Gasteiger partial charge in [-0.15, -0.1) is 0 Å². The molecule has 6 nitrogen and oxygen atoms in total. The Morgan fingerprint density at radius 2 is 1.00 bits per heavy atom. The summed E-state index contributed by atoms with van der Waals surface area (Å²) in [5.41, 5.74) is 0. The van der Waals surface area contributed by atoms with Gasteiger partial charge in [-0.3, -0.25) is 9.11 Å². The summed E-state index contributed by atoms with van der Waals surface area (Å²) in [5.74, 6) is 0. The fourth-order valence-corrected chi connectivity index (χ4v) is 0. The molecule has 0 saturated heterocycles. The SMILES string of the molecule is O.O.O=S(=O)(O)O.[AlH3].[CsH]. The normalized spacial score (nSPS) is 6.44. The molecule has 9 heteroatoms. The summed E-state index contributed by atoms with van der Waals surface area (Å²) in [6.07, 6.45) is 0. The Bertz CT molecular complexity index is 96.2. The van der Waals surface area contributed by atoms with Crippen LogP contribution in [0.3, 0.4) is 0 Å². The zero-order valence-electron chi connectivity index (χ0n) is 3.12. The first-order chi connectivity index (χ1) is 2.00. The Morgan fingerprint density at radius 1 is 1.00 bits per heavy atom. The van der Waals surface area contributed by atoms with E-state index in [0.29, 0.717) is 0 Å². The van der Waals surface area contributed by atoms with Crippen molar-refractivity contribution in [1.29, 1.82) is 0 Å². The average Bonchev–Trinajstić information content (AvgIpc) is 0.722. The summed E-state index contributed by atoms with van der Waals surface area (Å²) in [4.78, 5) is 0. The summed E-state index contributed by atoms with van der Waals surface area (Å²) in [6, 6.07) is 0. The van der Waals surface area contributed by atoms with Crippen molar-refractivity contribution in [3.05, 3.63) is 0 Å². The summed E-state index contributed by atoms with van der Waals surface area (Å²) in [5, 5.41) is 0. The van der Waals surface area contributed by atoms with Gasteiger partial charge < -0.3 is 11.0 Å². The van der Waals surface area contributed by atoms with Gasteiger partial charge in [0.25, 0.3) is 0 Å². The van der Waals surface area contributed by atoms with Crippen molar-refractivity contribution < 1.29 is 28.5 Å². The molecule has 0 atom stereocenters. The Kier molecular flexibility index (Phi) is 43.5. The topological polar surface area (TPSA) is 138 Å². The van der Waals surface area contributed by atoms with Crippen LogP contribution in [0.1, 0.15) is 0 Å². The molecule has 0 radical (unpaired) electrons. The fourth-order valence-electron chi connectivity index (χ4n) is 0. The average molecular weight is 298 g/mol. The third-order valence-corrected chi connectivity index (χ3v) is 0. The van der Waals surface area contributed by atoms with Crippen LogP contribution in [0.25, 0.3) is 0 Å². The van der Waals surface area contributed by atoms with Gasteiger partial charge in [0, 0.05) is 0 Å².